The molecular weight excluding hydrogens is 583 g/mol. The number of hydrogen-bond acceptors (Lipinski definition) is 3. The Bertz CT molecular complexity index is 2490. The van der Waals surface area contributed by atoms with Crippen molar-refractivity contribution in [1.82, 2.24) is 15.0 Å². The summed E-state index contributed by atoms with van der Waals surface area (Å²) in [6.45, 7) is 0. The molecule has 0 aliphatic carbocycles. The number of hydrogen-bond donors (Lipinski definition) is 0. The van der Waals surface area contributed by atoms with Gasteiger partial charge in [-0.3, -0.25) is 4.98 Å². The van der Waals surface area contributed by atoms with E-state index in [0.29, 0.717) is 5.82 Å². The largest absolute Gasteiger partial charge is 0.256 e. The van der Waals surface area contributed by atoms with Crippen molar-refractivity contribution in [3.05, 3.63) is 176 Å². The topological polar surface area (TPSA) is 38.7 Å². The van der Waals surface area contributed by atoms with Gasteiger partial charge in [0.25, 0.3) is 0 Å². The fraction of sp³-hybridized carbons (Fsp3) is 0. The lowest BCUT2D eigenvalue weighted by Gasteiger charge is -2.16. The SMILES string of the molecule is c1ccc(-c2cc(-c3ccccc3)nc(-c3cc(-c4nccc5ccccc45)cc(-c4c5ccccc5cc5ccccc45)c3)n2)cc1. The molecule has 0 spiro atoms. The van der Waals surface area contributed by atoms with Crippen molar-refractivity contribution in [2.75, 3.05) is 0 Å². The Morgan fingerprint density at radius 2 is 0.833 bits per heavy atom. The molecule has 0 radical (unpaired) electrons. The molecule has 0 N–H and O–H groups in total. The van der Waals surface area contributed by atoms with Crippen LogP contribution in [0.5, 0.6) is 0 Å². The first-order chi connectivity index (χ1) is 23.8. The van der Waals surface area contributed by atoms with E-state index in [1.165, 1.54) is 27.1 Å². The number of nitrogens with zero attached hydrogens (tertiary/aromatic N) is 3. The van der Waals surface area contributed by atoms with Crippen LogP contribution < -0.4 is 0 Å². The highest BCUT2D eigenvalue weighted by molar-refractivity contribution is 6.13. The molecule has 0 aliphatic heterocycles. The monoisotopic (exact) mass is 611 g/mol. The zero-order valence-corrected chi connectivity index (χ0v) is 26.1. The van der Waals surface area contributed by atoms with E-state index in [9.17, 15) is 0 Å². The zero-order chi connectivity index (χ0) is 31.9. The second-order valence-corrected chi connectivity index (χ2v) is 12.1. The summed E-state index contributed by atoms with van der Waals surface area (Å²) in [5.74, 6) is 0.670. The Kier molecular flexibility index (Phi) is 6.80. The minimum atomic E-state index is 0.670. The molecule has 3 nitrogen and oxygen atoms in total. The van der Waals surface area contributed by atoms with Gasteiger partial charge in [-0.1, -0.05) is 133 Å². The maximum atomic E-state index is 5.22. The fourth-order valence-electron chi connectivity index (χ4n) is 6.80. The third-order valence-electron chi connectivity index (χ3n) is 9.06. The fourth-order valence-corrected chi connectivity index (χ4v) is 6.80. The highest BCUT2D eigenvalue weighted by atomic mass is 14.9. The van der Waals surface area contributed by atoms with Crippen molar-refractivity contribution in [2.45, 2.75) is 0 Å². The van der Waals surface area contributed by atoms with Gasteiger partial charge in [0.05, 0.1) is 17.1 Å². The summed E-state index contributed by atoms with van der Waals surface area (Å²) in [4.78, 5) is 15.4. The van der Waals surface area contributed by atoms with Gasteiger partial charge in [-0.2, -0.15) is 0 Å². The van der Waals surface area contributed by atoms with Crippen molar-refractivity contribution in [1.29, 1.82) is 0 Å². The van der Waals surface area contributed by atoms with Crippen LogP contribution in [0.3, 0.4) is 0 Å². The van der Waals surface area contributed by atoms with Crippen LogP contribution in [0.4, 0.5) is 0 Å². The zero-order valence-electron chi connectivity index (χ0n) is 26.1. The van der Waals surface area contributed by atoms with E-state index in [2.05, 4.69) is 158 Å². The molecule has 9 rings (SSSR count). The highest BCUT2D eigenvalue weighted by Crippen LogP contribution is 2.41. The third-order valence-corrected chi connectivity index (χ3v) is 9.06. The minimum Gasteiger partial charge on any atom is -0.256 e. The molecule has 0 atom stereocenters. The van der Waals surface area contributed by atoms with Gasteiger partial charge in [-0.15, -0.1) is 0 Å². The van der Waals surface area contributed by atoms with Crippen LogP contribution in [0, 0.1) is 0 Å². The number of pyridine rings is 1. The molecular formula is C45H29N3. The molecule has 0 saturated heterocycles. The van der Waals surface area contributed by atoms with E-state index < -0.39 is 0 Å². The maximum Gasteiger partial charge on any atom is 0.160 e. The molecule has 48 heavy (non-hydrogen) atoms. The van der Waals surface area contributed by atoms with Gasteiger partial charge >= 0.3 is 0 Å². The normalized spacial score (nSPS) is 11.3. The standard InChI is InChI=1S/C45H29N3/c1-3-14-31(15-4-1)41-29-42(32-16-5-2-6-17-32)48-45(47-41)37-27-35(26-36(28-37)44-40-22-12-7-13-30(40)23-24-46-44)43-38-20-10-8-18-33(38)25-34-19-9-11-21-39(34)43/h1-29H. The van der Waals surface area contributed by atoms with Gasteiger partial charge in [0.15, 0.2) is 5.82 Å². The molecule has 0 saturated carbocycles. The molecule has 0 bridgehead atoms. The van der Waals surface area contributed by atoms with Crippen LogP contribution in [0.2, 0.25) is 0 Å². The van der Waals surface area contributed by atoms with Crippen LogP contribution in [0.25, 0.3) is 88.6 Å². The van der Waals surface area contributed by atoms with Crippen molar-refractivity contribution >= 4 is 32.3 Å². The molecule has 0 aliphatic rings. The summed E-state index contributed by atoms with van der Waals surface area (Å²) >= 11 is 0. The van der Waals surface area contributed by atoms with Crippen LogP contribution in [0.15, 0.2) is 176 Å². The summed E-state index contributed by atoms with van der Waals surface area (Å²) in [5, 5.41) is 7.07. The summed E-state index contributed by atoms with van der Waals surface area (Å²) in [7, 11) is 0. The van der Waals surface area contributed by atoms with Crippen LogP contribution in [0.1, 0.15) is 0 Å². The first kappa shape index (κ1) is 27.8. The van der Waals surface area contributed by atoms with Gasteiger partial charge in [0.2, 0.25) is 0 Å². The molecule has 3 heteroatoms. The molecule has 0 amide bonds. The first-order valence-electron chi connectivity index (χ1n) is 16.2. The Balaban J connectivity index is 1.37. The second-order valence-electron chi connectivity index (χ2n) is 12.1. The third kappa shape index (κ3) is 4.99. The summed E-state index contributed by atoms with van der Waals surface area (Å²) < 4.78 is 0. The van der Waals surface area contributed by atoms with E-state index in [4.69, 9.17) is 15.0 Å². The number of benzene rings is 7. The second kappa shape index (κ2) is 11.7. The predicted octanol–water partition coefficient (Wildman–Crippen LogP) is 11.7. The number of fused-ring (bicyclic) bond motifs is 3. The predicted molar refractivity (Wildman–Crippen MR) is 200 cm³/mol. The maximum absolute atomic E-state index is 5.22. The Labute approximate surface area is 278 Å². The van der Waals surface area contributed by atoms with Crippen LogP contribution in [-0.4, -0.2) is 15.0 Å². The quantitative estimate of drug-likeness (QED) is 0.182. The first-order valence-corrected chi connectivity index (χ1v) is 16.2. The average molecular weight is 612 g/mol. The van der Waals surface area contributed by atoms with Crippen LogP contribution >= 0.6 is 0 Å². The van der Waals surface area contributed by atoms with E-state index in [1.54, 1.807) is 0 Å². The molecule has 224 valence electrons. The van der Waals surface area contributed by atoms with Gasteiger partial charge < -0.3 is 0 Å². The lowest BCUT2D eigenvalue weighted by atomic mass is 9.89. The van der Waals surface area contributed by atoms with Crippen molar-refractivity contribution in [3.63, 3.8) is 0 Å². The van der Waals surface area contributed by atoms with Crippen molar-refractivity contribution in [3.8, 4) is 56.3 Å². The van der Waals surface area contributed by atoms with Crippen LogP contribution in [-0.2, 0) is 0 Å². The van der Waals surface area contributed by atoms with Gasteiger partial charge in [0.1, 0.15) is 0 Å². The van der Waals surface area contributed by atoms with E-state index >= 15 is 0 Å². The number of rotatable bonds is 5. The molecule has 0 unspecified atom stereocenters. The molecule has 7 aromatic carbocycles. The summed E-state index contributed by atoms with van der Waals surface area (Å²) in [6, 6.07) is 59.6. The highest BCUT2D eigenvalue weighted by Gasteiger charge is 2.17. The molecule has 2 heterocycles. The Morgan fingerprint density at radius 3 is 1.46 bits per heavy atom. The van der Waals surface area contributed by atoms with Crippen molar-refractivity contribution in [2.24, 2.45) is 0 Å². The Morgan fingerprint density at radius 1 is 0.333 bits per heavy atom. The Hall–Kier alpha value is -6.45. The molecule has 2 aromatic heterocycles. The molecule has 0 fully saturated rings. The number of aromatic nitrogens is 3. The van der Waals surface area contributed by atoms with E-state index in [1.807, 2.05) is 18.3 Å². The summed E-state index contributed by atoms with van der Waals surface area (Å²) in [5.41, 5.74) is 9.03. The summed E-state index contributed by atoms with van der Waals surface area (Å²) in [6.07, 6.45) is 1.90. The smallest absolute Gasteiger partial charge is 0.160 e. The van der Waals surface area contributed by atoms with Crippen molar-refractivity contribution < 1.29 is 0 Å². The van der Waals surface area contributed by atoms with Gasteiger partial charge in [-0.25, -0.2) is 9.97 Å². The minimum absolute atomic E-state index is 0.670. The lowest BCUT2D eigenvalue weighted by Crippen LogP contribution is -1.97. The van der Waals surface area contributed by atoms with Gasteiger partial charge in [-0.05, 0) is 74.5 Å². The van der Waals surface area contributed by atoms with Gasteiger partial charge in [0, 0.05) is 33.8 Å². The van der Waals surface area contributed by atoms with E-state index in [-0.39, 0.29) is 0 Å². The lowest BCUT2D eigenvalue weighted by molar-refractivity contribution is 1.18. The molecule has 9 aromatic rings. The average Bonchev–Trinajstić information content (AvgIpc) is 3.17. The van der Waals surface area contributed by atoms with E-state index in [0.717, 1.165) is 55.7 Å².